The van der Waals surface area contributed by atoms with Crippen molar-refractivity contribution in [3.05, 3.63) is 92.7 Å². The number of amides is 1. The van der Waals surface area contributed by atoms with Crippen molar-refractivity contribution in [2.45, 2.75) is 26.3 Å². The molecule has 7 heteroatoms. The minimum Gasteiger partial charge on any atom is -0.396 e. The lowest BCUT2D eigenvalue weighted by Gasteiger charge is -2.23. The van der Waals surface area contributed by atoms with Gasteiger partial charge in [-0.15, -0.1) is 11.3 Å². The number of aryl methyl sites for hydroxylation is 2. The zero-order valence-corrected chi connectivity index (χ0v) is 20.6. The average molecular weight is 486 g/mol. The molecule has 0 fully saturated rings. The maximum absolute atomic E-state index is 13.7. The number of hydrogen-bond donors (Lipinski definition) is 1. The smallest absolute Gasteiger partial charge is 0.264 e. The molecular formula is C28H27N3O3S. The van der Waals surface area contributed by atoms with Crippen molar-refractivity contribution in [3.63, 3.8) is 0 Å². The summed E-state index contributed by atoms with van der Waals surface area (Å²) in [5.74, 6) is -0.0327. The molecule has 0 spiro atoms. The quantitative estimate of drug-likeness (QED) is 0.361. The molecular weight excluding hydrogens is 458 g/mol. The SMILES string of the molecule is Cc1c(C(=O)N(CCCCO)Cc2ccc(C#N)cc2)sc2ccc(-c3ccc(=O)n(C)c3)cc12. The largest absolute Gasteiger partial charge is 0.396 e. The van der Waals surface area contributed by atoms with E-state index in [1.54, 1.807) is 29.8 Å². The molecule has 4 rings (SSSR count). The van der Waals surface area contributed by atoms with Crippen LogP contribution < -0.4 is 5.56 Å². The number of aromatic nitrogens is 1. The van der Waals surface area contributed by atoms with Crippen LogP contribution in [0.1, 0.15) is 39.2 Å². The van der Waals surface area contributed by atoms with E-state index in [0.717, 1.165) is 32.3 Å². The maximum Gasteiger partial charge on any atom is 0.264 e. The summed E-state index contributed by atoms with van der Waals surface area (Å²) in [5, 5.41) is 19.3. The first-order valence-electron chi connectivity index (χ1n) is 11.5. The lowest BCUT2D eigenvalue weighted by atomic mass is 10.0. The number of rotatable bonds is 8. The van der Waals surface area contributed by atoms with Crippen molar-refractivity contribution >= 4 is 27.3 Å². The molecule has 0 unspecified atom stereocenters. The number of nitrogens with zero attached hydrogens (tertiary/aromatic N) is 3. The van der Waals surface area contributed by atoms with Gasteiger partial charge in [0.2, 0.25) is 5.56 Å². The van der Waals surface area contributed by atoms with Gasteiger partial charge in [0.1, 0.15) is 0 Å². The average Bonchev–Trinajstić information content (AvgIpc) is 3.21. The molecule has 0 bridgehead atoms. The zero-order chi connectivity index (χ0) is 24.9. The van der Waals surface area contributed by atoms with Crippen molar-refractivity contribution in [3.8, 4) is 17.2 Å². The number of pyridine rings is 1. The van der Waals surface area contributed by atoms with E-state index in [9.17, 15) is 14.7 Å². The Labute approximate surface area is 208 Å². The van der Waals surface area contributed by atoms with Gasteiger partial charge in [0, 0.05) is 43.7 Å². The van der Waals surface area contributed by atoms with Crippen molar-refractivity contribution < 1.29 is 9.90 Å². The highest BCUT2D eigenvalue weighted by Crippen LogP contribution is 2.35. The standard InChI is InChI=1S/C28H27N3O3S/c1-19-24-15-22(23-10-12-26(33)30(2)18-23)9-11-25(24)35-27(19)28(34)31(13-3-4-14-32)17-21-7-5-20(16-29)6-8-21/h5-12,15,18,32H,3-4,13-14,17H2,1-2H3. The first kappa shape index (κ1) is 24.4. The molecule has 6 nitrogen and oxygen atoms in total. The lowest BCUT2D eigenvalue weighted by molar-refractivity contribution is 0.0741. The van der Waals surface area contributed by atoms with E-state index < -0.39 is 0 Å². The van der Waals surface area contributed by atoms with Crippen LogP contribution in [0.4, 0.5) is 0 Å². The third-order valence-electron chi connectivity index (χ3n) is 6.13. The van der Waals surface area contributed by atoms with Gasteiger partial charge < -0.3 is 14.6 Å². The van der Waals surface area contributed by atoms with Crippen molar-refractivity contribution in [2.75, 3.05) is 13.2 Å². The van der Waals surface area contributed by atoms with Crippen LogP contribution in [0.2, 0.25) is 0 Å². The highest BCUT2D eigenvalue weighted by atomic mass is 32.1. The Hall–Kier alpha value is -3.73. The van der Waals surface area contributed by atoms with E-state index in [-0.39, 0.29) is 18.1 Å². The minimum absolute atomic E-state index is 0.0327. The Bertz CT molecular complexity index is 1460. The number of hydrogen-bond acceptors (Lipinski definition) is 5. The lowest BCUT2D eigenvalue weighted by Crippen LogP contribution is -2.31. The zero-order valence-electron chi connectivity index (χ0n) is 19.8. The Morgan fingerprint density at radius 3 is 2.51 bits per heavy atom. The molecule has 1 N–H and O–H groups in total. The van der Waals surface area contributed by atoms with Crippen LogP contribution in [0.3, 0.4) is 0 Å². The van der Waals surface area contributed by atoms with E-state index in [1.807, 2.05) is 48.4 Å². The second-order valence-corrected chi connectivity index (χ2v) is 9.65. The fourth-order valence-corrected chi connectivity index (χ4v) is 5.24. The highest BCUT2D eigenvalue weighted by Gasteiger charge is 2.22. The molecule has 0 radical (unpaired) electrons. The molecule has 0 aliphatic carbocycles. The third-order valence-corrected chi connectivity index (χ3v) is 7.39. The van der Waals surface area contributed by atoms with E-state index in [0.29, 0.717) is 36.4 Å². The van der Waals surface area contributed by atoms with Gasteiger partial charge in [0.25, 0.3) is 5.91 Å². The highest BCUT2D eigenvalue weighted by molar-refractivity contribution is 7.21. The van der Waals surface area contributed by atoms with Gasteiger partial charge in [0.05, 0.1) is 16.5 Å². The molecule has 2 aromatic heterocycles. The molecule has 0 aliphatic rings. The molecule has 35 heavy (non-hydrogen) atoms. The summed E-state index contributed by atoms with van der Waals surface area (Å²) in [6, 6.07) is 18.9. The van der Waals surface area contributed by atoms with E-state index in [4.69, 9.17) is 5.26 Å². The molecule has 0 saturated heterocycles. The number of aliphatic hydroxyl groups excluding tert-OH is 1. The number of aliphatic hydroxyl groups is 1. The molecule has 4 aromatic rings. The Balaban J connectivity index is 1.66. The summed E-state index contributed by atoms with van der Waals surface area (Å²) in [7, 11) is 1.73. The summed E-state index contributed by atoms with van der Waals surface area (Å²) in [4.78, 5) is 28.0. The van der Waals surface area contributed by atoms with Gasteiger partial charge in [-0.2, -0.15) is 5.26 Å². The number of thiophene rings is 1. The fourth-order valence-electron chi connectivity index (χ4n) is 4.08. The fraction of sp³-hybridized carbons (Fsp3) is 0.250. The van der Waals surface area contributed by atoms with Crippen LogP contribution in [0.5, 0.6) is 0 Å². The Morgan fingerprint density at radius 1 is 1.09 bits per heavy atom. The van der Waals surface area contributed by atoms with Crippen LogP contribution in [0.15, 0.2) is 65.6 Å². The van der Waals surface area contributed by atoms with Crippen molar-refractivity contribution in [1.29, 1.82) is 5.26 Å². The van der Waals surface area contributed by atoms with E-state index >= 15 is 0 Å². The van der Waals surface area contributed by atoms with Gasteiger partial charge in [-0.05, 0) is 77.7 Å². The number of nitriles is 1. The Morgan fingerprint density at radius 2 is 1.83 bits per heavy atom. The molecule has 0 saturated carbocycles. The monoisotopic (exact) mass is 485 g/mol. The number of benzene rings is 2. The summed E-state index contributed by atoms with van der Waals surface area (Å²) in [5.41, 5.74) is 4.36. The topological polar surface area (TPSA) is 86.3 Å². The van der Waals surface area contributed by atoms with Crippen LogP contribution in [-0.4, -0.2) is 33.6 Å². The molecule has 178 valence electrons. The normalized spacial score (nSPS) is 10.9. The number of carbonyl (C=O) groups is 1. The predicted octanol–water partition coefficient (Wildman–Crippen LogP) is 4.86. The van der Waals surface area contributed by atoms with Crippen LogP contribution >= 0.6 is 11.3 Å². The third kappa shape index (κ3) is 5.35. The molecule has 0 aliphatic heterocycles. The van der Waals surface area contributed by atoms with Crippen LogP contribution in [0.25, 0.3) is 21.2 Å². The summed E-state index contributed by atoms with van der Waals surface area (Å²) < 4.78 is 2.59. The van der Waals surface area contributed by atoms with Crippen LogP contribution in [0, 0.1) is 18.3 Å². The van der Waals surface area contributed by atoms with Crippen LogP contribution in [-0.2, 0) is 13.6 Å². The number of fused-ring (bicyclic) bond motifs is 1. The molecule has 0 atom stereocenters. The van der Waals surface area contributed by atoms with Gasteiger partial charge in [-0.3, -0.25) is 9.59 Å². The summed E-state index contributed by atoms with van der Waals surface area (Å²) in [6.07, 6.45) is 3.16. The van der Waals surface area contributed by atoms with Gasteiger partial charge in [-0.1, -0.05) is 18.2 Å². The Kier molecular flexibility index (Phi) is 7.45. The predicted molar refractivity (Wildman–Crippen MR) is 139 cm³/mol. The van der Waals surface area contributed by atoms with Crippen molar-refractivity contribution in [2.24, 2.45) is 7.05 Å². The van der Waals surface area contributed by atoms with Gasteiger partial charge >= 0.3 is 0 Å². The van der Waals surface area contributed by atoms with Gasteiger partial charge in [0.15, 0.2) is 0 Å². The molecule has 1 amide bonds. The molecule has 2 aromatic carbocycles. The minimum atomic E-state index is -0.0574. The van der Waals surface area contributed by atoms with Gasteiger partial charge in [-0.25, -0.2) is 0 Å². The second-order valence-electron chi connectivity index (χ2n) is 8.60. The maximum atomic E-state index is 13.7. The summed E-state index contributed by atoms with van der Waals surface area (Å²) >= 11 is 1.49. The molecule has 2 heterocycles. The number of unbranched alkanes of at least 4 members (excludes halogenated alkanes) is 1. The van der Waals surface area contributed by atoms with E-state index in [2.05, 4.69) is 12.1 Å². The second kappa shape index (κ2) is 10.7. The number of carbonyl (C=O) groups excluding carboxylic acids is 1. The summed E-state index contributed by atoms with van der Waals surface area (Å²) in [6.45, 7) is 3.04. The first-order chi connectivity index (χ1) is 16.9. The first-order valence-corrected chi connectivity index (χ1v) is 12.3. The van der Waals surface area contributed by atoms with Crippen molar-refractivity contribution in [1.82, 2.24) is 9.47 Å². The van der Waals surface area contributed by atoms with E-state index in [1.165, 1.54) is 11.3 Å².